The zero-order valence-electron chi connectivity index (χ0n) is 15.0. The van der Waals surface area contributed by atoms with Crippen LogP contribution in [0, 0.1) is 28.6 Å². The van der Waals surface area contributed by atoms with E-state index < -0.39 is 18.1 Å². The Labute approximate surface area is 148 Å². The van der Waals surface area contributed by atoms with Crippen LogP contribution in [0.1, 0.15) is 57.6 Å². The Kier molecular flexibility index (Phi) is 4.00. The number of carbonyl (C=O) groups is 1. The lowest BCUT2D eigenvalue weighted by atomic mass is 9.44. The van der Waals surface area contributed by atoms with Crippen LogP contribution >= 0.6 is 0 Å². The van der Waals surface area contributed by atoms with E-state index in [0.29, 0.717) is 25.4 Å². The number of hydrogen-bond acceptors (Lipinski definition) is 5. The average Bonchev–Trinajstić information content (AvgIpc) is 3.21. The molecule has 0 bridgehead atoms. The van der Waals surface area contributed by atoms with Gasteiger partial charge in [0.05, 0.1) is 37.3 Å². The summed E-state index contributed by atoms with van der Waals surface area (Å²) < 4.78 is 10.6. The summed E-state index contributed by atoms with van der Waals surface area (Å²) in [6.45, 7) is 4.93. The average molecular weight is 348 g/mol. The molecule has 4 rings (SSSR count). The summed E-state index contributed by atoms with van der Waals surface area (Å²) in [6, 6.07) is 1.81. The molecule has 1 aliphatic heterocycles. The van der Waals surface area contributed by atoms with Gasteiger partial charge in [-0.3, -0.25) is 4.79 Å². The zero-order valence-corrected chi connectivity index (χ0v) is 15.0. The molecular weight excluding hydrogens is 320 g/mol. The van der Waals surface area contributed by atoms with Crippen molar-refractivity contribution in [3.63, 3.8) is 0 Å². The van der Waals surface area contributed by atoms with Gasteiger partial charge >= 0.3 is 5.97 Å². The van der Waals surface area contributed by atoms with E-state index in [4.69, 9.17) is 9.15 Å². The van der Waals surface area contributed by atoms with Crippen LogP contribution in [0.25, 0.3) is 0 Å². The van der Waals surface area contributed by atoms with Crippen LogP contribution in [-0.2, 0) is 9.53 Å². The molecule has 1 aromatic rings. The highest BCUT2D eigenvalue weighted by Gasteiger charge is 2.65. The minimum absolute atomic E-state index is 0.110. The van der Waals surface area contributed by atoms with Crippen LogP contribution in [0.5, 0.6) is 0 Å². The van der Waals surface area contributed by atoms with Crippen molar-refractivity contribution < 1.29 is 24.2 Å². The molecule has 0 amide bonds. The number of aliphatic hydroxyl groups excluding tert-OH is 2. The monoisotopic (exact) mass is 348 g/mol. The third-order valence-electron chi connectivity index (χ3n) is 7.71. The summed E-state index contributed by atoms with van der Waals surface area (Å²) in [7, 11) is 0. The van der Waals surface area contributed by atoms with Gasteiger partial charge in [-0.25, -0.2) is 0 Å². The molecule has 0 aromatic carbocycles. The highest BCUT2D eigenvalue weighted by atomic mass is 16.5. The molecule has 2 saturated carbocycles. The Balaban J connectivity index is 1.68. The predicted octanol–water partition coefficient (Wildman–Crippen LogP) is 3.07. The maximum Gasteiger partial charge on any atom is 0.312 e. The molecule has 1 saturated heterocycles. The normalized spacial score (nSPS) is 44.7. The Hall–Kier alpha value is -1.33. The summed E-state index contributed by atoms with van der Waals surface area (Å²) in [5, 5.41) is 21.3. The van der Waals surface area contributed by atoms with E-state index in [-0.39, 0.29) is 22.7 Å². The predicted molar refractivity (Wildman–Crippen MR) is 90.4 cm³/mol. The van der Waals surface area contributed by atoms with Crippen LogP contribution in [-0.4, -0.2) is 28.9 Å². The number of furan rings is 1. The summed E-state index contributed by atoms with van der Waals surface area (Å²) in [4.78, 5) is 12.3. The molecule has 3 aliphatic rings. The van der Waals surface area contributed by atoms with Gasteiger partial charge in [-0.05, 0) is 55.4 Å². The SMILES string of the molecule is C[C@H]1CC[C@]23COC(=O)C2C(O)CCC3[C@]1(C)CC(O)c1ccoc1. The van der Waals surface area contributed by atoms with Crippen molar-refractivity contribution in [2.75, 3.05) is 6.61 Å². The van der Waals surface area contributed by atoms with Crippen LogP contribution in [0.15, 0.2) is 23.0 Å². The van der Waals surface area contributed by atoms with Crippen molar-refractivity contribution in [2.24, 2.45) is 28.6 Å². The van der Waals surface area contributed by atoms with Gasteiger partial charge < -0.3 is 19.4 Å². The van der Waals surface area contributed by atoms with Crippen LogP contribution < -0.4 is 0 Å². The van der Waals surface area contributed by atoms with Crippen LogP contribution in [0.3, 0.4) is 0 Å². The smallest absolute Gasteiger partial charge is 0.312 e. The molecular formula is C20H28O5. The second-order valence-corrected chi connectivity index (χ2v) is 8.74. The molecule has 138 valence electrons. The fraction of sp³-hybridized carbons (Fsp3) is 0.750. The van der Waals surface area contributed by atoms with Crippen LogP contribution in [0.4, 0.5) is 0 Å². The van der Waals surface area contributed by atoms with Gasteiger partial charge in [0.15, 0.2) is 0 Å². The fourth-order valence-corrected chi connectivity index (χ4v) is 6.16. The number of rotatable bonds is 3. The maximum atomic E-state index is 12.3. The minimum Gasteiger partial charge on any atom is -0.472 e. The summed E-state index contributed by atoms with van der Waals surface area (Å²) >= 11 is 0. The molecule has 5 nitrogen and oxygen atoms in total. The van der Waals surface area contributed by atoms with Gasteiger partial charge in [0.2, 0.25) is 0 Å². The van der Waals surface area contributed by atoms with Crippen molar-refractivity contribution in [1.29, 1.82) is 0 Å². The zero-order chi connectivity index (χ0) is 17.8. The van der Waals surface area contributed by atoms with E-state index in [0.717, 1.165) is 24.8 Å². The van der Waals surface area contributed by atoms with Gasteiger partial charge in [-0.2, -0.15) is 0 Å². The van der Waals surface area contributed by atoms with Crippen molar-refractivity contribution >= 4 is 5.97 Å². The first-order valence-electron chi connectivity index (χ1n) is 9.43. The molecule has 2 aliphatic carbocycles. The van der Waals surface area contributed by atoms with Crippen molar-refractivity contribution in [1.82, 2.24) is 0 Å². The molecule has 7 atom stereocenters. The van der Waals surface area contributed by atoms with E-state index in [1.807, 2.05) is 6.07 Å². The Bertz CT molecular complexity index is 641. The molecule has 0 radical (unpaired) electrons. The minimum atomic E-state index is -0.595. The quantitative estimate of drug-likeness (QED) is 0.821. The molecule has 3 fully saturated rings. The van der Waals surface area contributed by atoms with Gasteiger partial charge in [-0.1, -0.05) is 13.8 Å². The second kappa shape index (κ2) is 5.85. The molecule has 5 heteroatoms. The van der Waals surface area contributed by atoms with Crippen molar-refractivity contribution in [3.05, 3.63) is 24.2 Å². The lowest BCUT2D eigenvalue weighted by Gasteiger charge is -2.59. The van der Waals surface area contributed by atoms with E-state index >= 15 is 0 Å². The Morgan fingerprint density at radius 3 is 2.88 bits per heavy atom. The largest absolute Gasteiger partial charge is 0.472 e. The number of aliphatic hydroxyl groups is 2. The first-order chi connectivity index (χ1) is 11.9. The second-order valence-electron chi connectivity index (χ2n) is 8.74. The standard InChI is InChI=1S/C20H28O5/c1-12-5-7-20-11-25-18(23)17(20)14(21)3-4-16(20)19(12,2)9-15(22)13-6-8-24-10-13/h6,8,10,12,14-17,21-22H,3-5,7,9,11H2,1-2H3/t12-,14?,15?,16?,17?,19+,20+/m0/s1. The molecule has 1 aromatic heterocycles. The number of hydrogen-bond donors (Lipinski definition) is 2. The Morgan fingerprint density at radius 2 is 2.16 bits per heavy atom. The number of carbonyl (C=O) groups excluding carboxylic acids is 1. The topological polar surface area (TPSA) is 79.9 Å². The van der Waals surface area contributed by atoms with Gasteiger partial charge in [0, 0.05) is 11.0 Å². The lowest BCUT2D eigenvalue weighted by Crippen LogP contribution is -2.58. The third kappa shape index (κ3) is 2.39. The van der Waals surface area contributed by atoms with Gasteiger partial charge in [0.25, 0.3) is 0 Å². The first kappa shape index (κ1) is 17.1. The van der Waals surface area contributed by atoms with Crippen molar-refractivity contribution in [2.45, 2.75) is 58.2 Å². The highest BCUT2D eigenvalue weighted by molar-refractivity contribution is 5.77. The van der Waals surface area contributed by atoms with E-state index in [1.165, 1.54) is 0 Å². The summed E-state index contributed by atoms with van der Waals surface area (Å²) in [6.07, 6.45) is 6.08. The first-order valence-corrected chi connectivity index (χ1v) is 9.43. The molecule has 2 N–H and O–H groups in total. The van der Waals surface area contributed by atoms with Gasteiger partial charge in [0.1, 0.15) is 0 Å². The lowest BCUT2D eigenvalue weighted by molar-refractivity contribution is -0.159. The third-order valence-corrected chi connectivity index (χ3v) is 7.71. The highest BCUT2D eigenvalue weighted by Crippen LogP contribution is 2.65. The molecule has 4 unspecified atom stereocenters. The number of esters is 1. The van der Waals surface area contributed by atoms with Crippen molar-refractivity contribution in [3.8, 4) is 0 Å². The molecule has 2 heterocycles. The molecule has 1 spiro atoms. The van der Waals surface area contributed by atoms with E-state index in [2.05, 4.69) is 13.8 Å². The molecule has 25 heavy (non-hydrogen) atoms. The Morgan fingerprint density at radius 1 is 1.36 bits per heavy atom. The number of cyclic esters (lactones) is 1. The van der Waals surface area contributed by atoms with E-state index in [9.17, 15) is 15.0 Å². The maximum absolute atomic E-state index is 12.3. The summed E-state index contributed by atoms with van der Waals surface area (Å²) in [5.74, 6) is 0.0788. The summed E-state index contributed by atoms with van der Waals surface area (Å²) in [5.41, 5.74) is 0.423. The van der Waals surface area contributed by atoms with Crippen LogP contribution in [0.2, 0.25) is 0 Å². The van der Waals surface area contributed by atoms with Gasteiger partial charge in [-0.15, -0.1) is 0 Å². The number of ether oxygens (including phenoxy) is 1. The fourth-order valence-electron chi connectivity index (χ4n) is 6.16. The van der Waals surface area contributed by atoms with E-state index in [1.54, 1.807) is 12.5 Å².